The van der Waals surface area contributed by atoms with Crippen LogP contribution < -0.4 is 10.6 Å². The number of carbonyl (C=O) groups is 3. The van der Waals surface area contributed by atoms with E-state index < -0.39 is 17.8 Å². The van der Waals surface area contributed by atoms with Gasteiger partial charge in [0.1, 0.15) is 6.04 Å². The van der Waals surface area contributed by atoms with Crippen LogP contribution >= 0.6 is 11.3 Å². The van der Waals surface area contributed by atoms with Crippen LogP contribution in [0.15, 0.2) is 41.8 Å². The maximum atomic E-state index is 12.9. The van der Waals surface area contributed by atoms with E-state index in [2.05, 4.69) is 10.6 Å². The molecule has 1 saturated heterocycles. The van der Waals surface area contributed by atoms with Crippen LogP contribution in [-0.4, -0.2) is 48.3 Å². The van der Waals surface area contributed by atoms with Crippen molar-refractivity contribution in [3.05, 3.63) is 57.8 Å². The van der Waals surface area contributed by atoms with E-state index in [1.807, 2.05) is 13.8 Å². The Labute approximate surface area is 200 Å². The Morgan fingerprint density at radius 2 is 1.74 bits per heavy atom. The van der Waals surface area contributed by atoms with E-state index >= 15 is 0 Å². The first kappa shape index (κ1) is 25.7. The van der Waals surface area contributed by atoms with Gasteiger partial charge in [-0.25, -0.2) is 0 Å². The molecule has 10 heteroatoms. The number of alkyl halides is 3. The van der Waals surface area contributed by atoms with Crippen LogP contribution in [0.25, 0.3) is 0 Å². The van der Waals surface area contributed by atoms with Crippen LogP contribution in [0.4, 0.5) is 13.2 Å². The first-order valence-electron chi connectivity index (χ1n) is 11.1. The number of nitrogens with one attached hydrogen (secondary N) is 2. The number of halogens is 3. The van der Waals surface area contributed by atoms with Gasteiger partial charge in [0.15, 0.2) is 0 Å². The van der Waals surface area contributed by atoms with Crippen molar-refractivity contribution in [1.82, 2.24) is 15.5 Å². The van der Waals surface area contributed by atoms with Crippen molar-refractivity contribution in [3.8, 4) is 0 Å². The maximum Gasteiger partial charge on any atom is 0.416 e. The fourth-order valence-corrected chi connectivity index (χ4v) is 4.48. The number of amides is 3. The standard InChI is InChI=1S/C24H28F3N3O3S/c1-15(2)14-28-22(32)20(29-21(31)19-4-3-13-34-19)16-9-11-30(12-10-16)23(33)17-5-7-18(8-6-17)24(25,26)27/h3-8,13,15-16,20H,9-12,14H2,1-2H3,(H,28,32)(H,29,31)/t20-/m0/s1. The molecular formula is C24H28F3N3O3S. The lowest BCUT2D eigenvalue weighted by Gasteiger charge is -2.36. The first-order chi connectivity index (χ1) is 16.1. The van der Waals surface area contributed by atoms with Crippen molar-refractivity contribution in [3.63, 3.8) is 0 Å². The highest BCUT2D eigenvalue weighted by molar-refractivity contribution is 7.12. The minimum atomic E-state index is -4.46. The number of hydrogen-bond acceptors (Lipinski definition) is 4. The normalized spacial score (nSPS) is 15.8. The Kier molecular flexibility index (Phi) is 8.35. The van der Waals surface area contributed by atoms with Crippen molar-refractivity contribution >= 4 is 29.1 Å². The van der Waals surface area contributed by atoms with Gasteiger partial charge in [-0.15, -0.1) is 11.3 Å². The van der Waals surface area contributed by atoms with Gasteiger partial charge in [0.25, 0.3) is 11.8 Å². The minimum Gasteiger partial charge on any atom is -0.354 e. The topological polar surface area (TPSA) is 78.5 Å². The number of hydrogen-bond donors (Lipinski definition) is 2. The summed E-state index contributed by atoms with van der Waals surface area (Å²) in [5.74, 6) is -0.849. The van der Waals surface area contributed by atoms with E-state index in [0.29, 0.717) is 37.4 Å². The Hall–Kier alpha value is -2.88. The van der Waals surface area contributed by atoms with E-state index in [9.17, 15) is 27.6 Å². The largest absolute Gasteiger partial charge is 0.416 e. The number of likely N-dealkylation sites (tertiary alicyclic amines) is 1. The van der Waals surface area contributed by atoms with Gasteiger partial charge in [-0.05, 0) is 60.4 Å². The summed E-state index contributed by atoms with van der Waals surface area (Å²) in [6.45, 7) is 5.12. The van der Waals surface area contributed by atoms with Crippen LogP contribution in [0.5, 0.6) is 0 Å². The molecule has 0 saturated carbocycles. The molecule has 3 rings (SSSR count). The van der Waals surface area contributed by atoms with Crippen LogP contribution in [0.1, 0.15) is 52.3 Å². The zero-order valence-corrected chi connectivity index (χ0v) is 19.8. The van der Waals surface area contributed by atoms with E-state index in [1.54, 1.807) is 22.4 Å². The number of rotatable bonds is 7. The highest BCUT2D eigenvalue weighted by Crippen LogP contribution is 2.29. The number of benzene rings is 1. The summed E-state index contributed by atoms with van der Waals surface area (Å²) in [5, 5.41) is 7.53. The average molecular weight is 496 g/mol. The molecule has 1 aromatic heterocycles. The molecule has 0 unspecified atom stereocenters. The molecular weight excluding hydrogens is 467 g/mol. The van der Waals surface area contributed by atoms with E-state index in [0.717, 1.165) is 12.1 Å². The number of carbonyl (C=O) groups excluding carboxylic acids is 3. The Morgan fingerprint density at radius 1 is 1.09 bits per heavy atom. The monoisotopic (exact) mass is 495 g/mol. The highest BCUT2D eigenvalue weighted by Gasteiger charge is 2.35. The van der Waals surface area contributed by atoms with Gasteiger partial charge in [0.05, 0.1) is 10.4 Å². The van der Waals surface area contributed by atoms with Crippen molar-refractivity contribution in [2.24, 2.45) is 11.8 Å². The Bertz CT molecular complexity index is 983. The number of thiophene rings is 1. The van der Waals surface area contributed by atoms with Gasteiger partial charge in [0.2, 0.25) is 5.91 Å². The van der Waals surface area contributed by atoms with Gasteiger partial charge < -0.3 is 15.5 Å². The third-order valence-electron chi connectivity index (χ3n) is 5.76. The zero-order valence-electron chi connectivity index (χ0n) is 19.0. The third kappa shape index (κ3) is 6.59. The van der Waals surface area contributed by atoms with Crippen molar-refractivity contribution in [2.45, 2.75) is 38.9 Å². The maximum absolute atomic E-state index is 12.9. The summed E-state index contributed by atoms with van der Waals surface area (Å²) in [7, 11) is 0. The Balaban J connectivity index is 1.65. The van der Waals surface area contributed by atoms with Crippen LogP contribution in [0.3, 0.4) is 0 Å². The van der Waals surface area contributed by atoms with Crippen molar-refractivity contribution in [2.75, 3.05) is 19.6 Å². The zero-order chi connectivity index (χ0) is 24.9. The van der Waals surface area contributed by atoms with E-state index in [4.69, 9.17) is 0 Å². The summed E-state index contributed by atoms with van der Waals surface area (Å²) in [6.07, 6.45) is -3.49. The molecule has 2 heterocycles. The second kappa shape index (κ2) is 11.0. The second-order valence-corrected chi connectivity index (χ2v) is 9.72. The fraction of sp³-hybridized carbons (Fsp3) is 0.458. The van der Waals surface area contributed by atoms with Crippen LogP contribution in [-0.2, 0) is 11.0 Å². The van der Waals surface area contributed by atoms with Gasteiger partial charge in [-0.3, -0.25) is 14.4 Å². The van der Waals surface area contributed by atoms with Crippen molar-refractivity contribution in [1.29, 1.82) is 0 Å². The minimum absolute atomic E-state index is 0.173. The van der Waals surface area contributed by atoms with Gasteiger partial charge in [-0.2, -0.15) is 13.2 Å². The lowest BCUT2D eigenvalue weighted by atomic mass is 9.88. The molecule has 2 N–H and O–H groups in total. The summed E-state index contributed by atoms with van der Waals surface area (Å²) in [5.41, 5.74) is -0.622. The smallest absolute Gasteiger partial charge is 0.354 e. The highest BCUT2D eigenvalue weighted by atomic mass is 32.1. The summed E-state index contributed by atoms with van der Waals surface area (Å²) >= 11 is 1.29. The predicted octanol–water partition coefficient (Wildman–Crippen LogP) is 4.19. The fourth-order valence-electron chi connectivity index (χ4n) is 3.85. The summed E-state index contributed by atoms with van der Waals surface area (Å²) in [4.78, 5) is 40.4. The average Bonchev–Trinajstić information content (AvgIpc) is 3.35. The molecule has 3 amide bonds. The molecule has 34 heavy (non-hydrogen) atoms. The van der Waals surface area contributed by atoms with Crippen LogP contribution in [0, 0.1) is 11.8 Å². The molecule has 6 nitrogen and oxygen atoms in total. The molecule has 0 spiro atoms. The molecule has 1 aliphatic heterocycles. The SMILES string of the molecule is CC(C)CNC(=O)[C@@H](NC(=O)c1cccs1)C1CCN(C(=O)c2ccc(C(F)(F)F)cc2)CC1. The molecule has 1 atom stereocenters. The lowest BCUT2D eigenvalue weighted by molar-refractivity contribution is -0.137. The summed E-state index contributed by atoms with van der Waals surface area (Å²) < 4.78 is 38.3. The molecule has 1 aliphatic rings. The molecule has 1 aromatic carbocycles. The predicted molar refractivity (Wildman–Crippen MR) is 123 cm³/mol. The van der Waals surface area contributed by atoms with Gasteiger partial charge in [0, 0.05) is 25.2 Å². The molecule has 0 aliphatic carbocycles. The molecule has 0 bridgehead atoms. The molecule has 1 fully saturated rings. The quantitative estimate of drug-likeness (QED) is 0.605. The van der Waals surface area contributed by atoms with E-state index in [1.165, 1.54) is 23.5 Å². The number of nitrogens with zero attached hydrogens (tertiary/aromatic N) is 1. The van der Waals surface area contributed by atoms with Crippen molar-refractivity contribution < 1.29 is 27.6 Å². The molecule has 0 radical (unpaired) electrons. The van der Waals surface area contributed by atoms with E-state index in [-0.39, 0.29) is 35.1 Å². The number of piperidine rings is 1. The Morgan fingerprint density at radius 3 is 2.26 bits per heavy atom. The third-order valence-corrected chi connectivity index (χ3v) is 6.62. The molecule has 184 valence electrons. The molecule has 2 aromatic rings. The lowest BCUT2D eigenvalue weighted by Crippen LogP contribution is -2.54. The summed E-state index contributed by atoms with van der Waals surface area (Å²) in [6, 6.07) is 6.87. The second-order valence-electron chi connectivity index (χ2n) is 8.77. The van der Waals surface area contributed by atoms with Gasteiger partial charge >= 0.3 is 6.18 Å². The van der Waals surface area contributed by atoms with Gasteiger partial charge in [-0.1, -0.05) is 19.9 Å². The van der Waals surface area contributed by atoms with Crippen LogP contribution in [0.2, 0.25) is 0 Å². The first-order valence-corrected chi connectivity index (χ1v) is 12.0.